The highest BCUT2D eigenvalue weighted by atomic mass is 32.2. The average Bonchev–Trinajstić information content (AvgIpc) is 2.96. The molecule has 1 saturated heterocycles. The van der Waals surface area contributed by atoms with E-state index in [0.29, 0.717) is 10.1 Å². The number of hydrogen-bond donors (Lipinski definition) is 1. The van der Waals surface area contributed by atoms with Gasteiger partial charge in [0.05, 0.1) is 17.7 Å². The number of aliphatic imine (C=N–C) groups is 1. The van der Waals surface area contributed by atoms with Gasteiger partial charge in [0.25, 0.3) is 5.91 Å². The van der Waals surface area contributed by atoms with Crippen LogP contribution in [0.3, 0.4) is 0 Å². The van der Waals surface area contributed by atoms with Gasteiger partial charge in [0.2, 0.25) is 0 Å². The Kier molecular flexibility index (Phi) is 5.13. The number of carbonyl (C=O) groups excluding carboxylic acids is 1. The third-order valence-corrected chi connectivity index (χ3v) is 4.22. The molecule has 5 heteroatoms. The molecule has 0 saturated carbocycles. The first kappa shape index (κ1) is 16.1. The predicted octanol–water partition coefficient (Wildman–Crippen LogP) is 4.14. The van der Waals surface area contributed by atoms with E-state index in [1.165, 1.54) is 11.8 Å². The third-order valence-electron chi connectivity index (χ3n) is 3.29. The fourth-order valence-electron chi connectivity index (χ4n) is 2.08. The van der Waals surface area contributed by atoms with E-state index in [1.807, 2.05) is 66.7 Å². The van der Waals surface area contributed by atoms with E-state index in [4.69, 9.17) is 4.74 Å². The summed E-state index contributed by atoms with van der Waals surface area (Å²) >= 11 is 1.33. The highest BCUT2D eigenvalue weighted by Gasteiger charge is 2.22. The van der Waals surface area contributed by atoms with Crippen molar-refractivity contribution in [2.24, 2.45) is 4.99 Å². The largest absolute Gasteiger partial charge is 0.497 e. The van der Waals surface area contributed by atoms with E-state index in [2.05, 4.69) is 10.3 Å². The Hall–Kier alpha value is -2.79. The van der Waals surface area contributed by atoms with Crippen LogP contribution < -0.4 is 10.1 Å². The van der Waals surface area contributed by atoms with Crippen molar-refractivity contribution in [1.82, 2.24) is 5.32 Å². The number of amidine groups is 1. The number of methoxy groups -OCH3 is 1. The fraction of sp³-hybridized carbons (Fsp3) is 0.0526. The summed E-state index contributed by atoms with van der Waals surface area (Å²) in [4.78, 5) is 17.0. The normalized spacial score (nSPS) is 17.6. The van der Waals surface area contributed by atoms with Crippen LogP contribution in [0.5, 0.6) is 5.75 Å². The van der Waals surface area contributed by atoms with E-state index in [0.717, 1.165) is 17.0 Å². The molecule has 0 aromatic heterocycles. The monoisotopic (exact) mass is 336 g/mol. The first-order valence-electron chi connectivity index (χ1n) is 7.40. The summed E-state index contributed by atoms with van der Waals surface area (Å²) in [6.45, 7) is 0. The zero-order valence-corrected chi connectivity index (χ0v) is 13.9. The van der Waals surface area contributed by atoms with Crippen molar-refractivity contribution < 1.29 is 9.53 Å². The minimum absolute atomic E-state index is 0.134. The molecule has 2 aromatic rings. The number of ether oxygens (including phenoxy) is 1. The third kappa shape index (κ3) is 4.14. The number of nitrogens with zero attached hydrogens (tertiary/aromatic N) is 1. The summed E-state index contributed by atoms with van der Waals surface area (Å²) in [7, 11) is 1.62. The summed E-state index contributed by atoms with van der Waals surface area (Å²) in [5.74, 6) is 0.638. The lowest BCUT2D eigenvalue weighted by Gasteiger charge is -1.99. The van der Waals surface area contributed by atoms with Crippen molar-refractivity contribution >= 4 is 34.6 Å². The van der Waals surface area contributed by atoms with Gasteiger partial charge in [-0.2, -0.15) is 0 Å². The highest BCUT2D eigenvalue weighted by molar-refractivity contribution is 8.18. The van der Waals surface area contributed by atoms with Crippen molar-refractivity contribution in [3.8, 4) is 5.75 Å². The van der Waals surface area contributed by atoms with Crippen molar-refractivity contribution in [1.29, 1.82) is 0 Å². The fourth-order valence-corrected chi connectivity index (χ4v) is 2.87. The van der Waals surface area contributed by atoms with Crippen molar-refractivity contribution in [2.45, 2.75) is 0 Å². The molecule has 24 heavy (non-hydrogen) atoms. The van der Waals surface area contributed by atoms with Gasteiger partial charge in [-0.05, 0) is 47.7 Å². The molecule has 1 aliphatic rings. The van der Waals surface area contributed by atoms with Crippen molar-refractivity contribution in [3.63, 3.8) is 0 Å². The second-order valence-corrected chi connectivity index (χ2v) is 6.00. The Bertz CT molecular complexity index is 809. The van der Waals surface area contributed by atoms with Crippen LogP contribution in [-0.4, -0.2) is 18.2 Å². The van der Waals surface area contributed by atoms with Crippen LogP contribution >= 0.6 is 11.8 Å². The molecule has 0 atom stereocenters. The lowest BCUT2D eigenvalue weighted by atomic mass is 10.2. The quantitative estimate of drug-likeness (QED) is 0.854. The van der Waals surface area contributed by atoms with Gasteiger partial charge in [-0.1, -0.05) is 42.5 Å². The Labute approximate surface area is 145 Å². The summed E-state index contributed by atoms with van der Waals surface area (Å²) in [5.41, 5.74) is 1.85. The number of thioether (sulfide) groups is 1. The first-order chi connectivity index (χ1) is 11.7. The van der Waals surface area contributed by atoms with E-state index < -0.39 is 0 Å². The summed E-state index contributed by atoms with van der Waals surface area (Å²) < 4.78 is 5.11. The molecule has 2 aromatic carbocycles. The lowest BCUT2D eigenvalue weighted by molar-refractivity contribution is -0.115. The smallest absolute Gasteiger partial charge is 0.264 e. The average molecular weight is 336 g/mol. The van der Waals surface area contributed by atoms with Gasteiger partial charge in [0.15, 0.2) is 5.17 Å². The lowest BCUT2D eigenvalue weighted by Crippen LogP contribution is -2.19. The predicted molar refractivity (Wildman–Crippen MR) is 99.4 cm³/mol. The molecule has 0 bridgehead atoms. The molecule has 3 rings (SSSR count). The maximum Gasteiger partial charge on any atom is 0.264 e. The molecular formula is C19H16N2O2S. The molecule has 1 heterocycles. The van der Waals surface area contributed by atoms with E-state index in [1.54, 1.807) is 13.2 Å². The van der Waals surface area contributed by atoms with E-state index >= 15 is 0 Å². The molecule has 1 fully saturated rings. The Morgan fingerprint density at radius 3 is 2.54 bits per heavy atom. The maximum absolute atomic E-state index is 12.0. The van der Waals surface area contributed by atoms with Gasteiger partial charge >= 0.3 is 0 Å². The standard InChI is InChI=1S/C19H16N2O2S/c1-23-16-12-10-15(11-13-16)20-19-21-18(22)17(24-19)9-5-8-14-6-3-2-4-7-14/h2-13H,1H3,(H,20,21,22)/b8-5+,17-9-. The number of carbonyl (C=O) groups is 1. The van der Waals surface area contributed by atoms with Gasteiger partial charge in [0, 0.05) is 0 Å². The van der Waals surface area contributed by atoms with Crippen LogP contribution in [0.4, 0.5) is 5.69 Å². The van der Waals surface area contributed by atoms with Crippen LogP contribution in [-0.2, 0) is 4.79 Å². The van der Waals surface area contributed by atoms with Crippen molar-refractivity contribution in [2.75, 3.05) is 7.11 Å². The molecule has 1 amide bonds. The molecule has 1 aliphatic heterocycles. The van der Waals surface area contributed by atoms with Gasteiger partial charge in [-0.25, -0.2) is 4.99 Å². The number of rotatable bonds is 4. The second kappa shape index (κ2) is 7.66. The van der Waals surface area contributed by atoms with E-state index in [9.17, 15) is 4.79 Å². The highest BCUT2D eigenvalue weighted by Crippen LogP contribution is 2.27. The number of nitrogens with one attached hydrogen (secondary N) is 1. The molecule has 0 radical (unpaired) electrons. The van der Waals surface area contributed by atoms with Gasteiger partial charge in [0.1, 0.15) is 5.75 Å². The number of allylic oxidation sites excluding steroid dienone is 2. The SMILES string of the molecule is COc1ccc(N=C2NC(=O)/C(=C/C=C/c3ccccc3)S2)cc1. The maximum atomic E-state index is 12.0. The van der Waals surface area contributed by atoms with Gasteiger partial charge < -0.3 is 10.1 Å². The van der Waals surface area contributed by atoms with Crippen LogP contribution in [0.25, 0.3) is 6.08 Å². The second-order valence-electron chi connectivity index (χ2n) is 4.97. The minimum Gasteiger partial charge on any atom is -0.497 e. The van der Waals surface area contributed by atoms with Crippen LogP contribution in [0, 0.1) is 0 Å². The number of benzene rings is 2. The number of hydrogen-bond acceptors (Lipinski definition) is 4. The van der Waals surface area contributed by atoms with Crippen LogP contribution in [0.1, 0.15) is 5.56 Å². The molecule has 0 aliphatic carbocycles. The Morgan fingerprint density at radius 2 is 1.83 bits per heavy atom. The summed E-state index contributed by atoms with van der Waals surface area (Å²) in [6, 6.07) is 17.3. The Balaban J connectivity index is 1.69. The Morgan fingerprint density at radius 1 is 1.08 bits per heavy atom. The summed E-state index contributed by atoms with van der Waals surface area (Å²) in [5, 5.41) is 3.34. The molecule has 120 valence electrons. The molecular weight excluding hydrogens is 320 g/mol. The summed E-state index contributed by atoms with van der Waals surface area (Å²) in [6.07, 6.45) is 5.62. The molecule has 4 nitrogen and oxygen atoms in total. The minimum atomic E-state index is -0.134. The van der Waals surface area contributed by atoms with E-state index in [-0.39, 0.29) is 5.91 Å². The zero-order chi connectivity index (χ0) is 16.8. The van der Waals surface area contributed by atoms with Gasteiger partial charge in [-0.15, -0.1) is 0 Å². The zero-order valence-electron chi connectivity index (χ0n) is 13.1. The molecule has 0 spiro atoms. The first-order valence-corrected chi connectivity index (χ1v) is 8.21. The number of amides is 1. The van der Waals surface area contributed by atoms with Crippen molar-refractivity contribution in [3.05, 3.63) is 77.2 Å². The molecule has 0 unspecified atom stereocenters. The van der Waals surface area contributed by atoms with Crippen LogP contribution in [0.2, 0.25) is 0 Å². The van der Waals surface area contributed by atoms with Gasteiger partial charge in [-0.3, -0.25) is 4.79 Å². The topological polar surface area (TPSA) is 50.7 Å². The van der Waals surface area contributed by atoms with Crippen LogP contribution in [0.15, 0.2) is 76.6 Å². The molecule has 1 N–H and O–H groups in total.